The van der Waals surface area contributed by atoms with Gasteiger partial charge in [-0.1, -0.05) is 11.6 Å². The first-order valence-electron chi connectivity index (χ1n) is 10.2. The molecule has 0 fully saturated rings. The van der Waals surface area contributed by atoms with Crippen molar-refractivity contribution in [3.05, 3.63) is 65.8 Å². The average Bonchev–Trinajstić information content (AvgIpc) is 3.10. The van der Waals surface area contributed by atoms with E-state index in [-0.39, 0.29) is 0 Å². The Morgan fingerprint density at radius 3 is 2.66 bits per heavy atom. The van der Waals surface area contributed by atoms with Gasteiger partial charge in [-0.05, 0) is 48.9 Å². The molecule has 0 saturated heterocycles. The van der Waals surface area contributed by atoms with E-state index in [2.05, 4.69) is 21.2 Å². The van der Waals surface area contributed by atoms with E-state index >= 15 is 0 Å². The second-order valence-electron chi connectivity index (χ2n) is 7.15. The maximum atomic E-state index is 6.04. The first-order chi connectivity index (χ1) is 15.6. The number of nitrogens with zero attached hydrogens (tertiary/aromatic N) is 3. The highest BCUT2D eigenvalue weighted by Crippen LogP contribution is 2.28. The highest BCUT2D eigenvalue weighted by atomic mass is 35.5. The topological polar surface area (TPSA) is 85.3 Å². The van der Waals surface area contributed by atoms with Crippen LogP contribution < -0.4 is 20.9 Å². The molecule has 166 valence electrons. The smallest absolute Gasteiger partial charge is 0.208 e. The number of hydrogen-bond acceptors (Lipinski definition) is 7. The Hall–Kier alpha value is -3.33. The summed E-state index contributed by atoms with van der Waals surface area (Å²) in [6.07, 6.45) is 2.60. The van der Waals surface area contributed by atoms with Gasteiger partial charge in [0.2, 0.25) is 5.95 Å². The standard InChI is InChI=1S/C23H25ClN6O2/c1-30-21-9-8-18(14-20(21)28-23(30)27-17-6-4-16(24)5-7-17)32-19-10-12-25-22(15-19)29-26-11-3-13-31-2/h4-10,12,14-15,26H,3,11,13H2,1-2H3,(H,25,29)(H,27,28). The molecule has 0 saturated carbocycles. The Bertz CT molecular complexity index is 1180. The minimum atomic E-state index is 0.674. The number of pyridine rings is 1. The molecule has 0 unspecified atom stereocenters. The molecule has 9 heteroatoms. The molecule has 0 atom stereocenters. The highest BCUT2D eigenvalue weighted by Gasteiger charge is 2.10. The molecule has 32 heavy (non-hydrogen) atoms. The predicted molar refractivity (Wildman–Crippen MR) is 128 cm³/mol. The van der Waals surface area contributed by atoms with Gasteiger partial charge in [0.15, 0.2) is 0 Å². The fourth-order valence-corrected chi connectivity index (χ4v) is 3.28. The van der Waals surface area contributed by atoms with Crippen molar-refractivity contribution in [3.8, 4) is 11.5 Å². The number of anilines is 3. The predicted octanol–water partition coefficient (Wildman–Crippen LogP) is 5.11. The summed E-state index contributed by atoms with van der Waals surface area (Å²) in [7, 11) is 3.66. The number of rotatable bonds is 10. The SMILES string of the molecule is COCCCNNc1cc(Oc2ccc3c(c2)nc(Nc2ccc(Cl)cc2)n3C)ccn1. The van der Waals surface area contributed by atoms with E-state index in [1.54, 1.807) is 13.3 Å². The Labute approximate surface area is 191 Å². The third kappa shape index (κ3) is 5.47. The minimum Gasteiger partial charge on any atom is -0.457 e. The molecule has 2 heterocycles. The zero-order valence-electron chi connectivity index (χ0n) is 17.9. The molecule has 8 nitrogen and oxygen atoms in total. The first-order valence-corrected chi connectivity index (χ1v) is 10.6. The van der Waals surface area contributed by atoms with E-state index in [1.165, 1.54) is 0 Å². The second-order valence-corrected chi connectivity index (χ2v) is 7.59. The van der Waals surface area contributed by atoms with E-state index in [0.717, 1.165) is 35.6 Å². The lowest BCUT2D eigenvalue weighted by Gasteiger charge is -2.10. The Kier molecular flexibility index (Phi) is 7.06. The Morgan fingerprint density at radius 2 is 1.84 bits per heavy atom. The largest absolute Gasteiger partial charge is 0.457 e. The minimum absolute atomic E-state index is 0.674. The number of aromatic nitrogens is 3. The third-order valence-corrected chi connectivity index (χ3v) is 5.04. The van der Waals surface area contributed by atoms with Crippen LogP contribution >= 0.6 is 11.6 Å². The van der Waals surface area contributed by atoms with Gasteiger partial charge in [-0.25, -0.2) is 15.4 Å². The molecule has 0 aliphatic heterocycles. The maximum Gasteiger partial charge on any atom is 0.208 e. The molecule has 3 N–H and O–H groups in total. The van der Waals surface area contributed by atoms with Gasteiger partial charge in [0, 0.05) is 56.3 Å². The summed E-state index contributed by atoms with van der Waals surface area (Å²) in [6.45, 7) is 1.47. The lowest BCUT2D eigenvalue weighted by Crippen LogP contribution is -2.24. The zero-order valence-corrected chi connectivity index (χ0v) is 18.7. The van der Waals surface area contributed by atoms with Crippen molar-refractivity contribution >= 4 is 40.1 Å². The molecule has 0 amide bonds. The number of nitrogens with one attached hydrogen (secondary N) is 3. The van der Waals surface area contributed by atoms with Crippen LogP contribution in [0.2, 0.25) is 5.02 Å². The van der Waals surface area contributed by atoms with Gasteiger partial charge in [-0.15, -0.1) is 0 Å². The van der Waals surface area contributed by atoms with E-state index < -0.39 is 0 Å². The molecule has 2 aromatic heterocycles. The summed E-state index contributed by atoms with van der Waals surface area (Å²) in [4.78, 5) is 9.00. The zero-order chi connectivity index (χ0) is 22.3. The fourth-order valence-electron chi connectivity index (χ4n) is 3.15. The van der Waals surface area contributed by atoms with Crippen molar-refractivity contribution in [2.45, 2.75) is 6.42 Å². The number of aryl methyl sites for hydroxylation is 1. The molecular formula is C23H25ClN6O2. The monoisotopic (exact) mass is 452 g/mol. The van der Waals surface area contributed by atoms with Crippen LogP contribution in [0.15, 0.2) is 60.8 Å². The summed E-state index contributed by atoms with van der Waals surface area (Å²) in [6, 6.07) is 17.0. The van der Waals surface area contributed by atoms with Gasteiger partial charge in [0.25, 0.3) is 0 Å². The number of benzene rings is 2. The molecule has 0 aliphatic rings. The number of fused-ring (bicyclic) bond motifs is 1. The molecule has 0 bridgehead atoms. The van der Waals surface area contributed by atoms with Gasteiger partial charge in [0.1, 0.15) is 17.3 Å². The summed E-state index contributed by atoms with van der Waals surface area (Å²) in [5, 5.41) is 4.01. The van der Waals surface area contributed by atoms with Crippen molar-refractivity contribution in [2.75, 3.05) is 31.0 Å². The van der Waals surface area contributed by atoms with Crippen molar-refractivity contribution in [1.29, 1.82) is 0 Å². The van der Waals surface area contributed by atoms with Crippen LogP contribution in [0.5, 0.6) is 11.5 Å². The summed E-state index contributed by atoms with van der Waals surface area (Å²) in [5.74, 6) is 2.78. The van der Waals surface area contributed by atoms with Gasteiger partial charge in [0.05, 0.1) is 11.0 Å². The Morgan fingerprint density at radius 1 is 1.03 bits per heavy atom. The summed E-state index contributed by atoms with van der Waals surface area (Å²) < 4.78 is 13.1. The fraction of sp³-hybridized carbons (Fsp3) is 0.217. The van der Waals surface area contributed by atoms with Crippen molar-refractivity contribution in [2.24, 2.45) is 7.05 Å². The maximum absolute atomic E-state index is 6.04. The quantitative estimate of drug-likeness (QED) is 0.227. The van der Waals surface area contributed by atoms with Crippen molar-refractivity contribution < 1.29 is 9.47 Å². The number of imidazole rings is 1. The number of methoxy groups -OCH3 is 1. The van der Waals surface area contributed by atoms with Crippen molar-refractivity contribution in [3.63, 3.8) is 0 Å². The summed E-state index contributed by atoms with van der Waals surface area (Å²) >= 11 is 5.97. The molecule has 4 rings (SSSR count). The molecular weight excluding hydrogens is 428 g/mol. The number of halogens is 1. The summed E-state index contributed by atoms with van der Waals surface area (Å²) in [5.41, 5.74) is 8.91. The number of hydrazine groups is 1. The van der Waals surface area contributed by atoms with Crippen LogP contribution in [-0.4, -0.2) is 34.8 Å². The van der Waals surface area contributed by atoms with E-state index in [0.29, 0.717) is 28.9 Å². The molecule has 4 aromatic rings. The van der Waals surface area contributed by atoms with Crippen LogP contribution in [0.3, 0.4) is 0 Å². The average molecular weight is 453 g/mol. The highest BCUT2D eigenvalue weighted by molar-refractivity contribution is 6.30. The number of ether oxygens (including phenoxy) is 2. The molecule has 0 spiro atoms. The van der Waals surface area contributed by atoms with Crippen LogP contribution in [0.4, 0.5) is 17.5 Å². The van der Waals surface area contributed by atoms with Gasteiger partial charge in [-0.2, -0.15) is 0 Å². The van der Waals surface area contributed by atoms with Crippen LogP contribution in [0, 0.1) is 0 Å². The van der Waals surface area contributed by atoms with Crippen LogP contribution in [-0.2, 0) is 11.8 Å². The van der Waals surface area contributed by atoms with Gasteiger partial charge < -0.3 is 24.8 Å². The molecule has 0 radical (unpaired) electrons. The van der Waals surface area contributed by atoms with Gasteiger partial charge >= 0.3 is 0 Å². The van der Waals surface area contributed by atoms with Gasteiger partial charge in [-0.3, -0.25) is 0 Å². The van der Waals surface area contributed by atoms with E-state index in [9.17, 15) is 0 Å². The number of hydrogen-bond donors (Lipinski definition) is 3. The van der Waals surface area contributed by atoms with E-state index in [1.807, 2.05) is 66.2 Å². The lowest BCUT2D eigenvalue weighted by atomic mass is 10.3. The second kappa shape index (κ2) is 10.3. The molecule has 0 aliphatic carbocycles. The Balaban J connectivity index is 1.45. The van der Waals surface area contributed by atoms with Crippen molar-refractivity contribution in [1.82, 2.24) is 20.0 Å². The van der Waals surface area contributed by atoms with E-state index in [4.69, 9.17) is 26.1 Å². The molecule has 2 aromatic carbocycles. The first kappa shape index (κ1) is 21.9. The third-order valence-electron chi connectivity index (χ3n) is 4.79. The lowest BCUT2D eigenvalue weighted by molar-refractivity contribution is 0.195. The van der Waals surface area contributed by atoms with Crippen LogP contribution in [0.25, 0.3) is 11.0 Å². The van der Waals surface area contributed by atoms with Crippen LogP contribution in [0.1, 0.15) is 6.42 Å². The normalized spacial score (nSPS) is 11.0.